The fraction of sp³-hybridized carbons (Fsp3) is 0.731. The third-order valence-corrected chi connectivity index (χ3v) is 14.2. The molecule has 2 unspecified atom stereocenters. The summed E-state index contributed by atoms with van der Waals surface area (Å²) < 4.78 is 23.7. The Bertz CT molecular complexity index is 1800. The number of carbonyl (C=O) groups is 6. The van der Waals surface area contributed by atoms with Crippen LogP contribution in [0.3, 0.4) is 0 Å². The maximum atomic E-state index is 14.7. The highest BCUT2D eigenvalue weighted by Crippen LogP contribution is 2.32. The van der Waals surface area contributed by atoms with Crippen LogP contribution in [-0.2, 0) is 42.9 Å². The van der Waals surface area contributed by atoms with Crippen LogP contribution in [0.2, 0.25) is 0 Å². The van der Waals surface area contributed by atoms with E-state index in [1.165, 1.54) is 4.90 Å². The van der Waals surface area contributed by atoms with E-state index in [-0.39, 0.29) is 78.8 Å². The number of ether oxygens (including phenoxy) is 4. The summed E-state index contributed by atoms with van der Waals surface area (Å²) in [5.41, 5.74) is 0.693. The number of rotatable bonds is 25. The maximum absolute atomic E-state index is 14.7. The lowest BCUT2D eigenvalue weighted by atomic mass is 9.83. The molecule has 1 aromatic rings. The van der Waals surface area contributed by atoms with Crippen molar-refractivity contribution in [3.05, 3.63) is 48.0 Å². The van der Waals surface area contributed by atoms with Crippen molar-refractivity contribution in [2.75, 3.05) is 48.5 Å². The molecule has 68 heavy (non-hydrogen) atoms. The first-order chi connectivity index (χ1) is 32.2. The van der Waals surface area contributed by atoms with E-state index in [0.29, 0.717) is 50.6 Å². The normalized spacial score (nSPS) is 22.0. The van der Waals surface area contributed by atoms with E-state index in [9.17, 15) is 33.9 Å². The first-order valence-electron chi connectivity index (χ1n) is 24.8. The van der Waals surface area contributed by atoms with E-state index < -0.39 is 60.5 Å². The molecule has 1 aromatic carbocycles. The van der Waals surface area contributed by atoms with Crippen molar-refractivity contribution in [1.82, 2.24) is 25.3 Å². The average Bonchev–Trinajstić information content (AvgIpc) is 3.80. The average molecular weight is 956 g/mol. The van der Waals surface area contributed by atoms with Gasteiger partial charge in [-0.2, -0.15) is 0 Å². The van der Waals surface area contributed by atoms with Crippen molar-refractivity contribution in [3.8, 4) is 0 Å². The third-order valence-electron chi connectivity index (χ3n) is 14.2. The lowest BCUT2D eigenvalue weighted by Crippen LogP contribution is -2.55. The largest absolute Gasteiger partial charge is 0.442 e. The van der Waals surface area contributed by atoms with E-state index in [1.54, 1.807) is 59.0 Å². The zero-order valence-electron chi connectivity index (χ0n) is 43.3. The molecule has 1 heterocycles. The van der Waals surface area contributed by atoms with E-state index in [0.717, 1.165) is 6.42 Å². The molecule has 0 spiro atoms. The minimum absolute atomic E-state index is 0.0141. The maximum Gasteiger partial charge on any atom is 0.410 e. The van der Waals surface area contributed by atoms with Crippen LogP contribution in [-0.4, -0.2) is 152 Å². The Hall–Kier alpha value is -4.38. The van der Waals surface area contributed by atoms with Crippen LogP contribution in [0, 0.1) is 29.6 Å². The number of nitrogens with zero attached hydrogens (tertiary/aromatic N) is 3. The lowest BCUT2D eigenvalue weighted by Gasteiger charge is -2.41. The molecule has 16 heteroatoms. The predicted octanol–water partition coefficient (Wildman–Crippen LogP) is 6.10. The summed E-state index contributed by atoms with van der Waals surface area (Å²) in [5.74, 6) is -3.11. The molecule has 1 aliphatic carbocycles. The van der Waals surface area contributed by atoms with Gasteiger partial charge in [-0.1, -0.05) is 91.3 Å². The molecule has 0 radical (unpaired) electrons. The quantitative estimate of drug-likeness (QED) is 0.0960. The topological polar surface area (TPSA) is 193 Å². The second kappa shape index (κ2) is 28.3. The van der Waals surface area contributed by atoms with Gasteiger partial charge in [-0.3, -0.25) is 24.0 Å². The number of likely N-dealkylation sites (N-methyl/N-ethyl adjacent to an activating group) is 3. The van der Waals surface area contributed by atoms with Crippen molar-refractivity contribution in [2.24, 2.45) is 29.6 Å². The second-order valence-electron chi connectivity index (χ2n) is 19.7. The van der Waals surface area contributed by atoms with Crippen LogP contribution in [0.5, 0.6) is 0 Å². The Morgan fingerprint density at radius 2 is 1.54 bits per heavy atom. The van der Waals surface area contributed by atoms with Gasteiger partial charge in [-0.05, 0) is 74.8 Å². The molecule has 12 atom stereocenters. The minimum atomic E-state index is -0.904. The van der Waals surface area contributed by atoms with Crippen LogP contribution in [0.15, 0.2) is 42.5 Å². The first kappa shape index (κ1) is 57.9. The highest BCUT2D eigenvalue weighted by molar-refractivity contribution is 5.92. The summed E-state index contributed by atoms with van der Waals surface area (Å²) >= 11 is 0. The fourth-order valence-electron chi connectivity index (χ4n) is 9.91. The summed E-state index contributed by atoms with van der Waals surface area (Å²) in [6.45, 7) is 15.6. The van der Waals surface area contributed by atoms with Gasteiger partial charge in [-0.25, -0.2) is 4.79 Å². The number of hydrogen-bond acceptors (Lipinski definition) is 11. The summed E-state index contributed by atoms with van der Waals surface area (Å²) in [6.07, 6.45) is 4.76. The molecule has 0 aromatic heterocycles. The number of nitrogens with one attached hydrogen (secondary N) is 2. The molecule has 16 nitrogen and oxygen atoms in total. The molecule has 2 aliphatic rings. The zero-order chi connectivity index (χ0) is 50.8. The summed E-state index contributed by atoms with van der Waals surface area (Å²) in [4.78, 5) is 87.1. The number of methoxy groups -OCH3 is 2. The second-order valence-corrected chi connectivity index (χ2v) is 19.7. The summed E-state index contributed by atoms with van der Waals surface area (Å²) in [6, 6.07) is 6.82. The summed E-state index contributed by atoms with van der Waals surface area (Å²) in [7, 11) is 7.93. The minimum Gasteiger partial charge on any atom is -0.442 e. The Balaban J connectivity index is 1.73. The molecule has 0 bridgehead atoms. The van der Waals surface area contributed by atoms with Crippen molar-refractivity contribution in [2.45, 2.75) is 168 Å². The zero-order valence-corrected chi connectivity index (χ0v) is 43.3. The molecular formula is C52H85N5O11. The Kier molecular flexibility index (Phi) is 24.1. The molecular weight excluding hydrogens is 871 g/mol. The van der Waals surface area contributed by atoms with Gasteiger partial charge in [-0.15, -0.1) is 0 Å². The van der Waals surface area contributed by atoms with Gasteiger partial charge in [0.15, 0.2) is 5.78 Å². The van der Waals surface area contributed by atoms with Crippen LogP contribution in [0.1, 0.15) is 125 Å². The third kappa shape index (κ3) is 16.1. The van der Waals surface area contributed by atoms with E-state index in [2.05, 4.69) is 10.6 Å². The smallest absolute Gasteiger partial charge is 0.410 e. The van der Waals surface area contributed by atoms with Gasteiger partial charge in [0.25, 0.3) is 0 Å². The van der Waals surface area contributed by atoms with Crippen molar-refractivity contribution >= 4 is 35.5 Å². The molecule has 1 saturated heterocycles. The fourth-order valence-corrected chi connectivity index (χ4v) is 9.91. The lowest BCUT2D eigenvalue weighted by molar-refractivity contribution is -0.149. The molecule has 1 aliphatic heterocycles. The Labute approximate surface area is 406 Å². The van der Waals surface area contributed by atoms with E-state index >= 15 is 0 Å². The van der Waals surface area contributed by atoms with Crippen LogP contribution in [0.4, 0.5) is 4.79 Å². The Morgan fingerprint density at radius 1 is 0.868 bits per heavy atom. The number of benzene rings is 1. The van der Waals surface area contributed by atoms with Crippen LogP contribution >= 0.6 is 0 Å². The number of ketones is 1. The number of likely N-dealkylation sites (tertiary alicyclic amines) is 1. The number of carbonyl (C=O) groups excluding carboxylic acids is 6. The SMILES string of the molecule is CC[C@H](C)[C@@H]([C@@H](CC(=O)N1CCC[C@H]1[C@H](OC)[C@@H](C)C(=O)N[C@H](C)[C@@H](O)c1ccccc1)OC)N(C)C(=O)[C@H](CC(=O)[C@H](C(C)C)N(C)C(=O)OC1/C=C/CC(OCC(=O)NC)CCC1)C(C)C. The highest BCUT2D eigenvalue weighted by atomic mass is 16.6. The van der Waals surface area contributed by atoms with Gasteiger partial charge >= 0.3 is 6.09 Å². The van der Waals surface area contributed by atoms with Gasteiger partial charge in [0, 0.05) is 54.2 Å². The predicted molar refractivity (Wildman–Crippen MR) is 261 cm³/mol. The molecule has 3 rings (SSSR count). The number of amides is 5. The van der Waals surface area contributed by atoms with Gasteiger partial charge in [0.05, 0.1) is 60.9 Å². The number of Topliss-reactive ketones (excluding diaryl/α,β-unsaturated/α-hetero) is 1. The van der Waals surface area contributed by atoms with Gasteiger partial charge in [0.1, 0.15) is 12.7 Å². The molecule has 3 N–H and O–H groups in total. The standard InChI is InChI=1S/C52H85N5O11/c1-14-34(6)47(43(65-12)30-45(60)57-28-20-27-41(57)49(66-13)35(7)50(62)54-36(8)48(61)37-21-16-15-17-22-37)55(10)51(63)40(32(2)3)29-42(58)46(33(4)5)56(11)52(64)68-39-25-18-23-38(24-19-26-39)67-31-44(59)53-9/h15-18,21-22,25,32-36,38-41,43,46-49,61H,14,19-20,23-24,26-31H2,1-13H3,(H,53,59)(H,54,62)/b25-18+/t34-,35+,36+,38?,39?,40+,41-,43+,46-,47-,48+,49+/m0/s1. The number of aliphatic hydroxyl groups excluding tert-OH is 1. The van der Waals surface area contributed by atoms with Gasteiger partial charge < -0.3 is 49.4 Å². The highest BCUT2D eigenvalue weighted by Gasteiger charge is 2.44. The summed E-state index contributed by atoms with van der Waals surface area (Å²) in [5, 5.41) is 16.4. The van der Waals surface area contributed by atoms with E-state index in [1.807, 2.05) is 84.0 Å². The first-order valence-corrected chi connectivity index (χ1v) is 24.8. The molecule has 1 fully saturated rings. The van der Waals surface area contributed by atoms with Crippen molar-refractivity contribution in [3.63, 3.8) is 0 Å². The van der Waals surface area contributed by atoms with Crippen molar-refractivity contribution in [1.29, 1.82) is 0 Å². The number of aliphatic hydroxyl groups is 1. The van der Waals surface area contributed by atoms with E-state index in [4.69, 9.17) is 18.9 Å². The van der Waals surface area contributed by atoms with Crippen LogP contribution < -0.4 is 10.6 Å². The molecule has 5 amide bonds. The molecule has 0 saturated carbocycles. The van der Waals surface area contributed by atoms with Crippen molar-refractivity contribution < 1.29 is 52.8 Å². The molecule has 384 valence electrons. The Morgan fingerprint density at radius 3 is 2.13 bits per heavy atom. The van der Waals surface area contributed by atoms with Gasteiger partial charge in [0.2, 0.25) is 23.6 Å². The number of hydrogen-bond donors (Lipinski definition) is 3. The monoisotopic (exact) mass is 956 g/mol. The van der Waals surface area contributed by atoms with Crippen LogP contribution in [0.25, 0.3) is 0 Å².